The van der Waals surface area contributed by atoms with Gasteiger partial charge in [-0.2, -0.15) is 0 Å². The maximum Gasteiger partial charge on any atom is 0.222 e. The van der Waals surface area contributed by atoms with Crippen molar-refractivity contribution < 1.29 is 9.90 Å². The molecule has 2 rings (SSSR count). The first-order chi connectivity index (χ1) is 10.0. The molecule has 0 saturated carbocycles. The number of hydrogen-bond acceptors (Lipinski definition) is 3. The number of hydrogen-bond donors (Lipinski definition) is 1. The Bertz CT molecular complexity index is 471. The number of aliphatic hydroxyl groups excluding tert-OH is 1. The number of piperazine rings is 1. The number of carbonyl (C=O) groups excluding carboxylic acids is 1. The molecule has 1 N–H and O–H groups in total. The maximum absolute atomic E-state index is 12.2. The predicted molar refractivity (Wildman–Crippen MR) is 84.5 cm³/mol. The van der Waals surface area contributed by atoms with Gasteiger partial charge < -0.3 is 10.0 Å². The van der Waals surface area contributed by atoms with E-state index in [-0.39, 0.29) is 12.0 Å². The van der Waals surface area contributed by atoms with Crippen molar-refractivity contribution in [1.82, 2.24) is 9.80 Å². The molecule has 1 aliphatic rings. The summed E-state index contributed by atoms with van der Waals surface area (Å²) in [7, 11) is 0. The molecular formula is C16H23ClN2O2. The van der Waals surface area contributed by atoms with Crippen LogP contribution in [0.5, 0.6) is 0 Å². The number of nitrogens with zero attached hydrogens (tertiary/aromatic N) is 2. The topological polar surface area (TPSA) is 43.8 Å². The Hall–Kier alpha value is -1.10. The van der Waals surface area contributed by atoms with E-state index in [2.05, 4.69) is 4.90 Å². The van der Waals surface area contributed by atoms with E-state index in [1.165, 1.54) is 0 Å². The molecule has 0 aliphatic carbocycles. The second kappa shape index (κ2) is 7.78. The SMILES string of the molecule is CC(O)CN1CCN(C(=O)CCc2cccc(Cl)c2)CC1. The molecule has 1 unspecified atom stereocenters. The molecule has 1 saturated heterocycles. The Kier molecular flexibility index (Phi) is 6.03. The van der Waals surface area contributed by atoms with Gasteiger partial charge in [-0.1, -0.05) is 23.7 Å². The minimum absolute atomic E-state index is 0.201. The second-order valence-electron chi connectivity index (χ2n) is 5.66. The summed E-state index contributed by atoms with van der Waals surface area (Å²) in [6.45, 7) is 5.66. The standard InChI is InChI=1S/C16H23ClN2O2/c1-13(20)12-18-7-9-19(10-8-18)16(21)6-5-14-3-2-4-15(17)11-14/h2-4,11,13,20H,5-10,12H2,1H3. The number of rotatable bonds is 5. The number of aliphatic hydroxyl groups is 1. The van der Waals surface area contributed by atoms with Gasteiger partial charge in [-0.05, 0) is 31.0 Å². The lowest BCUT2D eigenvalue weighted by atomic mass is 10.1. The van der Waals surface area contributed by atoms with Gasteiger partial charge in [-0.25, -0.2) is 0 Å². The minimum atomic E-state index is -0.310. The second-order valence-corrected chi connectivity index (χ2v) is 6.10. The van der Waals surface area contributed by atoms with Gasteiger partial charge in [0, 0.05) is 44.2 Å². The molecule has 1 heterocycles. The van der Waals surface area contributed by atoms with E-state index < -0.39 is 0 Å². The van der Waals surface area contributed by atoms with Gasteiger partial charge in [0.15, 0.2) is 0 Å². The average Bonchev–Trinajstić information content (AvgIpc) is 2.45. The summed E-state index contributed by atoms with van der Waals surface area (Å²) in [5.41, 5.74) is 1.10. The van der Waals surface area contributed by atoms with Gasteiger partial charge >= 0.3 is 0 Å². The van der Waals surface area contributed by atoms with E-state index in [1.54, 1.807) is 6.92 Å². The molecule has 1 aromatic carbocycles. The highest BCUT2D eigenvalue weighted by atomic mass is 35.5. The zero-order chi connectivity index (χ0) is 15.2. The van der Waals surface area contributed by atoms with Gasteiger partial charge in [-0.3, -0.25) is 9.69 Å². The molecule has 5 heteroatoms. The van der Waals surface area contributed by atoms with Crippen molar-refractivity contribution in [2.75, 3.05) is 32.7 Å². The number of benzene rings is 1. The quantitative estimate of drug-likeness (QED) is 0.902. The van der Waals surface area contributed by atoms with Gasteiger partial charge in [0.25, 0.3) is 0 Å². The van der Waals surface area contributed by atoms with Crippen LogP contribution in [0, 0.1) is 0 Å². The average molecular weight is 311 g/mol. The molecule has 1 aromatic rings. The Morgan fingerprint density at radius 3 is 2.67 bits per heavy atom. The third kappa shape index (κ3) is 5.30. The van der Waals surface area contributed by atoms with Crippen LogP contribution in [0.25, 0.3) is 0 Å². The Morgan fingerprint density at radius 2 is 2.05 bits per heavy atom. The first-order valence-electron chi connectivity index (χ1n) is 7.47. The lowest BCUT2D eigenvalue weighted by molar-refractivity contribution is -0.133. The molecule has 0 bridgehead atoms. The van der Waals surface area contributed by atoms with Crippen molar-refractivity contribution in [2.45, 2.75) is 25.9 Å². The zero-order valence-corrected chi connectivity index (χ0v) is 13.2. The van der Waals surface area contributed by atoms with Crippen molar-refractivity contribution in [1.29, 1.82) is 0 Å². The van der Waals surface area contributed by atoms with E-state index in [0.717, 1.165) is 38.2 Å². The van der Waals surface area contributed by atoms with Crippen LogP contribution in [0.3, 0.4) is 0 Å². The van der Waals surface area contributed by atoms with E-state index >= 15 is 0 Å². The van der Waals surface area contributed by atoms with E-state index in [0.29, 0.717) is 18.0 Å². The molecule has 1 amide bonds. The highest BCUT2D eigenvalue weighted by molar-refractivity contribution is 6.30. The lowest BCUT2D eigenvalue weighted by Gasteiger charge is -2.35. The highest BCUT2D eigenvalue weighted by Gasteiger charge is 2.21. The van der Waals surface area contributed by atoms with Crippen LogP contribution < -0.4 is 0 Å². The Morgan fingerprint density at radius 1 is 1.33 bits per heavy atom. The molecule has 1 atom stereocenters. The summed E-state index contributed by atoms with van der Waals surface area (Å²) in [6.07, 6.45) is 0.944. The molecule has 1 aliphatic heterocycles. The van der Waals surface area contributed by atoms with Crippen molar-refractivity contribution in [2.24, 2.45) is 0 Å². The molecule has 0 radical (unpaired) electrons. The largest absolute Gasteiger partial charge is 0.392 e. The first-order valence-corrected chi connectivity index (χ1v) is 7.85. The molecule has 4 nitrogen and oxygen atoms in total. The van der Waals surface area contributed by atoms with Crippen molar-refractivity contribution >= 4 is 17.5 Å². The van der Waals surface area contributed by atoms with E-state index in [1.807, 2.05) is 29.2 Å². The van der Waals surface area contributed by atoms with Crippen LogP contribution >= 0.6 is 11.6 Å². The molecule has 0 spiro atoms. The van der Waals surface area contributed by atoms with Crippen molar-refractivity contribution in [3.63, 3.8) is 0 Å². The molecular weight excluding hydrogens is 288 g/mol. The molecule has 21 heavy (non-hydrogen) atoms. The molecule has 1 fully saturated rings. The smallest absolute Gasteiger partial charge is 0.222 e. The number of aryl methyl sites for hydroxylation is 1. The highest BCUT2D eigenvalue weighted by Crippen LogP contribution is 2.13. The lowest BCUT2D eigenvalue weighted by Crippen LogP contribution is -2.50. The van der Waals surface area contributed by atoms with Crippen molar-refractivity contribution in [3.8, 4) is 0 Å². The van der Waals surface area contributed by atoms with Crippen LogP contribution in [0.15, 0.2) is 24.3 Å². The van der Waals surface area contributed by atoms with E-state index in [9.17, 15) is 9.90 Å². The van der Waals surface area contributed by atoms with Crippen LogP contribution in [0.4, 0.5) is 0 Å². The van der Waals surface area contributed by atoms with Gasteiger partial charge in [0.2, 0.25) is 5.91 Å². The maximum atomic E-state index is 12.2. The van der Waals surface area contributed by atoms with Crippen molar-refractivity contribution in [3.05, 3.63) is 34.9 Å². The third-order valence-corrected chi connectivity index (χ3v) is 4.00. The Balaban J connectivity index is 1.75. The van der Waals surface area contributed by atoms with Crippen LogP contribution in [-0.2, 0) is 11.2 Å². The zero-order valence-electron chi connectivity index (χ0n) is 12.5. The van der Waals surface area contributed by atoms with Crippen LogP contribution in [-0.4, -0.2) is 59.6 Å². The third-order valence-electron chi connectivity index (χ3n) is 3.76. The number of halogens is 1. The molecule has 0 aromatic heterocycles. The summed E-state index contributed by atoms with van der Waals surface area (Å²) in [5, 5.41) is 10.1. The summed E-state index contributed by atoms with van der Waals surface area (Å²) in [4.78, 5) is 16.3. The van der Waals surface area contributed by atoms with Gasteiger partial charge in [0.1, 0.15) is 0 Å². The first kappa shape index (κ1) is 16.3. The summed E-state index contributed by atoms with van der Waals surface area (Å²) in [5.74, 6) is 0.201. The fraction of sp³-hybridized carbons (Fsp3) is 0.562. The number of β-amino-alcohol motifs (C(OH)–C–C–N with tert-alkyl or cyclic N) is 1. The summed E-state index contributed by atoms with van der Waals surface area (Å²) < 4.78 is 0. The Labute approximate surface area is 131 Å². The summed E-state index contributed by atoms with van der Waals surface area (Å²) >= 11 is 5.95. The van der Waals surface area contributed by atoms with Crippen LogP contribution in [0.1, 0.15) is 18.9 Å². The summed E-state index contributed by atoms with van der Waals surface area (Å²) in [6, 6.07) is 7.67. The normalized spacial score (nSPS) is 17.8. The fourth-order valence-corrected chi connectivity index (χ4v) is 2.87. The predicted octanol–water partition coefficient (Wildman–Crippen LogP) is 1.80. The van der Waals surface area contributed by atoms with Gasteiger partial charge in [0.05, 0.1) is 6.10 Å². The number of carbonyl (C=O) groups is 1. The molecule has 116 valence electrons. The van der Waals surface area contributed by atoms with Crippen LogP contribution in [0.2, 0.25) is 5.02 Å². The fourth-order valence-electron chi connectivity index (χ4n) is 2.66. The monoisotopic (exact) mass is 310 g/mol. The number of amides is 1. The van der Waals surface area contributed by atoms with E-state index in [4.69, 9.17) is 11.6 Å². The minimum Gasteiger partial charge on any atom is -0.392 e. The van der Waals surface area contributed by atoms with Gasteiger partial charge in [-0.15, -0.1) is 0 Å².